The topological polar surface area (TPSA) is 121 Å². The van der Waals surface area contributed by atoms with Crippen molar-refractivity contribution in [1.29, 1.82) is 0 Å². The van der Waals surface area contributed by atoms with E-state index in [-0.39, 0.29) is 69.0 Å². The Kier molecular flexibility index (Phi) is 8.24. The Labute approximate surface area is 217 Å². The van der Waals surface area contributed by atoms with Gasteiger partial charge in [-0.25, -0.2) is 18.4 Å². The van der Waals surface area contributed by atoms with E-state index >= 15 is 8.78 Å². The number of hydrogen-bond donors (Lipinski definition) is 2. The van der Waals surface area contributed by atoms with E-state index in [4.69, 9.17) is 4.74 Å². The fourth-order valence-corrected chi connectivity index (χ4v) is 4.26. The van der Waals surface area contributed by atoms with Crippen LogP contribution in [0.5, 0.6) is 0 Å². The molecule has 0 bridgehead atoms. The first kappa shape index (κ1) is 26.6. The molecule has 4 rings (SSSR count). The first-order chi connectivity index (χ1) is 18.3. The molecule has 2 saturated heterocycles. The number of alkyl carbamates (subject to hydrolysis) is 1. The van der Waals surface area contributed by atoms with E-state index < -0.39 is 29.9 Å². The number of amides is 4. The maximum Gasteiger partial charge on any atom is 0.414 e. The lowest BCUT2D eigenvalue weighted by molar-refractivity contribution is -0.130. The van der Waals surface area contributed by atoms with Crippen molar-refractivity contribution in [3.63, 3.8) is 0 Å². The Morgan fingerprint density at radius 1 is 1.03 bits per heavy atom. The van der Waals surface area contributed by atoms with Crippen molar-refractivity contribution in [2.75, 3.05) is 62.7 Å². The van der Waals surface area contributed by atoms with E-state index in [0.29, 0.717) is 5.56 Å². The number of cyclic esters (lactones) is 1. The van der Waals surface area contributed by atoms with Crippen molar-refractivity contribution in [3.05, 3.63) is 59.7 Å². The molecule has 1 atom stereocenters. The van der Waals surface area contributed by atoms with Crippen molar-refractivity contribution in [2.24, 2.45) is 0 Å². The van der Waals surface area contributed by atoms with E-state index in [1.165, 1.54) is 16.9 Å². The Morgan fingerprint density at radius 3 is 2.32 bits per heavy atom. The summed E-state index contributed by atoms with van der Waals surface area (Å²) in [5, 5.41) is 4.99. The van der Waals surface area contributed by atoms with Gasteiger partial charge in [0.25, 0.3) is 5.91 Å². The lowest BCUT2D eigenvalue weighted by Crippen LogP contribution is -2.51. The molecule has 2 heterocycles. The first-order valence-corrected chi connectivity index (χ1v) is 11.9. The minimum absolute atomic E-state index is 0.0113. The molecule has 4 amide bonds. The summed E-state index contributed by atoms with van der Waals surface area (Å²) < 4.78 is 39.7. The van der Waals surface area contributed by atoms with Gasteiger partial charge in [-0.2, -0.15) is 0 Å². The third-order valence-electron chi connectivity index (χ3n) is 6.23. The molecule has 0 aromatic heterocycles. The van der Waals surface area contributed by atoms with Crippen LogP contribution in [0, 0.1) is 11.6 Å². The maximum absolute atomic E-state index is 15.0. The number of methoxy groups -OCH3 is 1. The summed E-state index contributed by atoms with van der Waals surface area (Å²) in [6, 6.07) is 10.6. The van der Waals surface area contributed by atoms with Gasteiger partial charge in [0.05, 0.1) is 32.4 Å². The second kappa shape index (κ2) is 11.8. The smallest absolute Gasteiger partial charge is 0.414 e. The average Bonchev–Trinajstić information content (AvgIpc) is 3.30. The maximum atomic E-state index is 15.0. The highest BCUT2D eigenvalue weighted by Crippen LogP contribution is 2.31. The van der Waals surface area contributed by atoms with Crippen molar-refractivity contribution in [3.8, 4) is 0 Å². The van der Waals surface area contributed by atoms with Crippen LogP contribution in [0.25, 0.3) is 0 Å². The Bertz CT molecular complexity index is 1180. The summed E-state index contributed by atoms with van der Waals surface area (Å²) >= 11 is 0. The standard InChI is InChI=1S/C25H27F2N5O6/c1-37-24(35)29-13-18-15-32(25(36)38-18)17-11-19(26)22(20(27)12-17)31-9-7-30(8-10-31)21(33)14-28-23(34)16-5-3-2-4-6-16/h2-6,11-12,18H,7-10,13-15H2,1H3,(H,28,34)(H,29,35)/t18-/m0/s1. The zero-order chi connectivity index (χ0) is 27.2. The molecule has 0 spiro atoms. The lowest BCUT2D eigenvalue weighted by atomic mass is 10.2. The molecular weight excluding hydrogens is 504 g/mol. The number of anilines is 2. The minimum Gasteiger partial charge on any atom is -0.453 e. The monoisotopic (exact) mass is 531 g/mol. The van der Waals surface area contributed by atoms with Crippen LogP contribution in [-0.4, -0.2) is 87.9 Å². The highest BCUT2D eigenvalue weighted by atomic mass is 19.1. The number of piperazine rings is 1. The summed E-state index contributed by atoms with van der Waals surface area (Å²) in [4.78, 5) is 52.2. The second-order valence-electron chi connectivity index (χ2n) is 8.66. The number of ether oxygens (including phenoxy) is 2. The van der Waals surface area contributed by atoms with Crippen LogP contribution < -0.4 is 20.4 Å². The van der Waals surface area contributed by atoms with Crippen LogP contribution in [0.4, 0.5) is 29.7 Å². The average molecular weight is 532 g/mol. The van der Waals surface area contributed by atoms with Gasteiger partial charge in [-0.3, -0.25) is 14.5 Å². The molecule has 202 valence electrons. The van der Waals surface area contributed by atoms with Gasteiger partial charge >= 0.3 is 12.2 Å². The molecule has 38 heavy (non-hydrogen) atoms. The van der Waals surface area contributed by atoms with Gasteiger partial charge in [0.2, 0.25) is 5.91 Å². The summed E-state index contributed by atoms with van der Waals surface area (Å²) in [6.07, 6.45) is -2.20. The van der Waals surface area contributed by atoms with E-state index in [2.05, 4.69) is 15.4 Å². The van der Waals surface area contributed by atoms with Crippen LogP contribution >= 0.6 is 0 Å². The Balaban J connectivity index is 1.32. The Hall–Kier alpha value is -4.42. The van der Waals surface area contributed by atoms with Crippen LogP contribution in [0.1, 0.15) is 10.4 Å². The fourth-order valence-electron chi connectivity index (χ4n) is 4.26. The Morgan fingerprint density at radius 2 is 1.68 bits per heavy atom. The van der Waals surface area contributed by atoms with Crippen molar-refractivity contribution < 1.29 is 37.4 Å². The third-order valence-corrected chi connectivity index (χ3v) is 6.23. The predicted octanol–water partition coefficient (Wildman–Crippen LogP) is 1.72. The molecule has 0 saturated carbocycles. The molecule has 11 nitrogen and oxygen atoms in total. The number of carbonyl (C=O) groups is 4. The van der Waals surface area contributed by atoms with Crippen LogP contribution in [0.15, 0.2) is 42.5 Å². The minimum atomic E-state index is -0.862. The molecule has 2 N–H and O–H groups in total. The molecule has 2 aromatic rings. The van der Waals surface area contributed by atoms with Crippen LogP contribution in [-0.2, 0) is 14.3 Å². The van der Waals surface area contributed by atoms with Gasteiger partial charge in [-0.15, -0.1) is 0 Å². The number of nitrogens with zero attached hydrogens (tertiary/aromatic N) is 3. The molecule has 2 aromatic carbocycles. The van der Waals surface area contributed by atoms with E-state index in [0.717, 1.165) is 17.0 Å². The van der Waals surface area contributed by atoms with Gasteiger partial charge in [0.1, 0.15) is 11.8 Å². The normalized spacial score (nSPS) is 17.2. The van der Waals surface area contributed by atoms with Crippen molar-refractivity contribution >= 4 is 35.4 Å². The van der Waals surface area contributed by atoms with Gasteiger partial charge in [-0.1, -0.05) is 18.2 Å². The van der Waals surface area contributed by atoms with E-state index in [1.807, 2.05) is 0 Å². The largest absolute Gasteiger partial charge is 0.453 e. The van der Waals surface area contributed by atoms with Gasteiger partial charge in [-0.05, 0) is 12.1 Å². The summed E-state index contributed by atoms with van der Waals surface area (Å²) in [5.41, 5.74) is 0.169. The fraction of sp³-hybridized carbons (Fsp3) is 0.360. The third kappa shape index (κ3) is 6.10. The van der Waals surface area contributed by atoms with Crippen molar-refractivity contribution in [2.45, 2.75) is 6.10 Å². The highest BCUT2D eigenvalue weighted by molar-refractivity contribution is 5.96. The van der Waals surface area contributed by atoms with E-state index in [9.17, 15) is 19.2 Å². The van der Waals surface area contributed by atoms with E-state index in [1.54, 1.807) is 30.3 Å². The molecule has 13 heteroatoms. The van der Waals surface area contributed by atoms with Crippen LogP contribution in [0.3, 0.4) is 0 Å². The van der Waals surface area contributed by atoms with Gasteiger partial charge < -0.3 is 29.9 Å². The number of rotatable bonds is 7. The lowest BCUT2D eigenvalue weighted by Gasteiger charge is -2.36. The second-order valence-corrected chi connectivity index (χ2v) is 8.66. The highest BCUT2D eigenvalue weighted by Gasteiger charge is 2.34. The van der Waals surface area contributed by atoms with Gasteiger partial charge in [0, 0.05) is 43.9 Å². The molecule has 0 unspecified atom stereocenters. The SMILES string of the molecule is COC(=O)NC[C@H]1CN(c2cc(F)c(N3CCN(C(=O)CNC(=O)c4ccccc4)CC3)c(F)c2)C(=O)O1. The van der Waals surface area contributed by atoms with Crippen LogP contribution in [0.2, 0.25) is 0 Å². The molecular formula is C25H27F2N5O6. The number of hydrogen-bond acceptors (Lipinski definition) is 7. The number of carbonyl (C=O) groups excluding carboxylic acids is 4. The van der Waals surface area contributed by atoms with Gasteiger partial charge in [0.15, 0.2) is 11.6 Å². The molecule has 2 aliphatic heterocycles. The zero-order valence-electron chi connectivity index (χ0n) is 20.6. The molecule has 0 aliphatic carbocycles. The number of halogens is 2. The predicted molar refractivity (Wildman–Crippen MR) is 132 cm³/mol. The quantitative estimate of drug-likeness (QED) is 0.558. The summed E-state index contributed by atoms with van der Waals surface area (Å²) in [6.45, 7) is 0.575. The van der Waals surface area contributed by atoms with Crippen molar-refractivity contribution in [1.82, 2.24) is 15.5 Å². The summed E-state index contributed by atoms with van der Waals surface area (Å²) in [7, 11) is 1.19. The summed E-state index contributed by atoms with van der Waals surface area (Å²) in [5.74, 6) is -2.39. The number of nitrogens with one attached hydrogen (secondary N) is 2. The number of benzene rings is 2. The zero-order valence-corrected chi connectivity index (χ0v) is 20.6. The molecule has 2 fully saturated rings. The molecule has 2 aliphatic rings. The molecule has 0 radical (unpaired) electrons. The first-order valence-electron chi connectivity index (χ1n) is 11.9.